The van der Waals surface area contributed by atoms with Crippen LogP contribution in [-0.2, 0) is 0 Å². The van der Waals surface area contributed by atoms with Crippen LogP contribution in [0.3, 0.4) is 0 Å². The normalized spacial score (nSPS) is 10.6. The van der Waals surface area contributed by atoms with Crippen LogP contribution in [-0.4, -0.2) is 5.78 Å². The van der Waals surface area contributed by atoms with Crippen LogP contribution in [0.4, 0.5) is 0 Å². The van der Waals surface area contributed by atoms with Crippen LogP contribution < -0.4 is 0 Å². The maximum atomic E-state index is 12.3. The average Bonchev–Trinajstić information content (AvgIpc) is 2.60. The molecule has 0 spiro atoms. The summed E-state index contributed by atoms with van der Waals surface area (Å²) in [7, 11) is 0. The van der Waals surface area contributed by atoms with E-state index in [1.807, 2.05) is 0 Å². The highest BCUT2D eigenvalue weighted by Gasteiger charge is 2.18. The van der Waals surface area contributed by atoms with Crippen LogP contribution in [0, 0.1) is 0 Å². The Labute approximate surface area is 133 Å². The fraction of sp³-hybridized carbons (Fsp3) is 0. The van der Waals surface area contributed by atoms with E-state index in [1.54, 1.807) is 24.3 Å². The summed E-state index contributed by atoms with van der Waals surface area (Å²) >= 11 is 17.5. The molecule has 0 unspecified atom stereocenters. The first kappa shape index (κ1) is 13.7. The van der Waals surface area contributed by atoms with Gasteiger partial charge in [-0.05, 0) is 56.1 Å². The van der Waals surface area contributed by atoms with Gasteiger partial charge in [-0.25, -0.2) is 0 Å². The van der Waals surface area contributed by atoms with E-state index >= 15 is 0 Å². The summed E-state index contributed by atoms with van der Waals surface area (Å²) in [6, 6.07) is 6.96. The largest absolute Gasteiger partial charge is 0.288 e. The second kappa shape index (κ2) is 5.53. The monoisotopic (exact) mass is 456 g/mol. The molecule has 0 amide bonds. The molecule has 0 saturated heterocycles. The topological polar surface area (TPSA) is 17.1 Å². The van der Waals surface area contributed by atoms with Crippen molar-refractivity contribution in [3.05, 3.63) is 52.5 Å². The Bertz CT molecular complexity index is 594. The fourth-order valence-corrected chi connectivity index (χ4v) is 4.70. The van der Waals surface area contributed by atoms with Crippen molar-refractivity contribution in [1.29, 1.82) is 0 Å². The third-order valence-corrected chi connectivity index (χ3v) is 5.34. The summed E-state index contributed by atoms with van der Waals surface area (Å²) in [6.07, 6.45) is 0. The van der Waals surface area contributed by atoms with Crippen molar-refractivity contribution in [3.8, 4) is 0 Å². The molecule has 6 heteroatoms. The summed E-state index contributed by atoms with van der Waals surface area (Å²) in [4.78, 5) is 12.3. The van der Waals surface area contributed by atoms with Crippen molar-refractivity contribution in [3.63, 3.8) is 0 Å². The standard InChI is InChI=1S/C11H4Br3ClOS/c12-8-2-1-5(15)3-6(8)10(16)7-4-9(13)17-11(7)14/h1-4H. The van der Waals surface area contributed by atoms with Gasteiger partial charge in [-0.3, -0.25) is 4.79 Å². The predicted molar refractivity (Wildman–Crippen MR) is 82.3 cm³/mol. The summed E-state index contributed by atoms with van der Waals surface area (Å²) in [5.74, 6) is -0.0619. The van der Waals surface area contributed by atoms with Crippen LogP contribution in [0.1, 0.15) is 15.9 Å². The van der Waals surface area contributed by atoms with Gasteiger partial charge in [0.05, 0.1) is 7.57 Å². The number of thiophene rings is 1. The summed E-state index contributed by atoms with van der Waals surface area (Å²) < 4.78 is 2.45. The molecule has 1 nitrogen and oxygen atoms in total. The van der Waals surface area contributed by atoms with E-state index in [0.717, 1.165) is 12.0 Å². The third-order valence-electron chi connectivity index (χ3n) is 2.07. The summed E-state index contributed by atoms with van der Waals surface area (Å²) in [5, 5.41) is 0.543. The first-order valence-electron chi connectivity index (χ1n) is 4.43. The summed E-state index contributed by atoms with van der Waals surface area (Å²) in [5.41, 5.74) is 1.19. The average molecular weight is 459 g/mol. The molecular weight excluding hydrogens is 455 g/mol. The highest BCUT2D eigenvalue weighted by molar-refractivity contribution is 9.12. The molecular formula is C11H4Br3ClOS. The number of carbonyl (C=O) groups is 1. The molecule has 17 heavy (non-hydrogen) atoms. The molecule has 0 atom stereocenters. The SMILES string of the molecule is O=C(c1cc(Cl)ccc1Br)c1cc(Br)sc1Br. The van der Waals surface area contributed by atoms with Crippen molar-refractivity contribution < 1.29 is 4.79 Å². The van der Waals surface area contributed by atoms with E-state index < -0.39 is 0 Å². The minimum absolute atomic E-state index is 0.0619. The highest BCUT2D eigenvalue weighted by atomic mass is 79.9. The van der Waals surface area contributed by atoms with Crippen molar-refractivity contribution in [1.82, 2.24) is 0 Å². The number of halogens is 4. The van der Waals surface area contributed by atoms with Crippen LogP contribution in [0.5, 0.6) is 0 Å². The Morgan fingerprint density at radius 1 is 1.12 bits per heavy atom. The number of benzene rings is 1. The predicted octanol–water partition coefficient (Wildman–Crippen LogP) is 5.92. The Balaban J connectivity index is 2.50. The molecule has 0 N–H and O–H groups in total. The van der Waals surface area contributed by atoms with E-state index in [4.69, 9.17) is 11.6 Å². The van der Waals surface area contributed by atoms with Crippen molar-refractivity contribution >= 4 is 76.5 Å². The van der Waals surface area contributed by atoms with Gasteiger partial charge >= 0.3 is 0 Å². The summed E-state index contributed by atoms with van der Waals surface area (Å²) in [6.45, 7) is 0. The molecule has 0 bridgehead atoms. The quantitative estimate of drug-likeness (QED) is 0.510. The minimum atomic E-state index is -0.0619. The molecule has 1 aromatic carbocycles. The number of hydrogen-bond donors (Lipinski definition) is 0. The van der Waals surface area contributed by atoms with Gasteiger partial charge in [0.2, 0.25) is 0 Å². The molecule has 1 aromatic heterocycles. The van der Waals surface area contributed by atoms with Gasteiger partial charge in [0.25, 0.3) is 0 Å². The molecule has 0 fully saturated rings. The number of rotatable bonds is 2. The Morgan fingerprint density at radius 2 is 1.82 bits per heavy atom. The first-order chi connectivity index (χ1) is 7.99. The molecule has 0 aliphatic carbocycles. The molecule has 2 aromatic rings. The van der Waals surface area contributed by atoms with Gasteiger partial charge in [0.1, 0.15) is 0 Å². The number of carbonyl (C=O) groups excluding carboxylic acids is 1. The van der Waals surface area contributed by atoms with Crippen LogP contribution in [0.2, 0.25) is 5.02 Å². The van der Waals surface area contributed by atoms with E-state index in [0.29, 0.717) is 16.1 Å². The van der Waals surface area contributed by atoms with Gasteiger partial charge in [-0.2, -0.15) is 0 Å². The fourth-order valence-electron chi connectivity index (χ4n) is 1.31. The zero-order chi connectivity index (χ0) is 12.6. The van der Waals surface area contributed by atoms with Crippen LogP contribution in [0.25, 0.3) is 0 Å². The molecule has 1 heterocycles. The molecule has 0 radical (unpaired) electrons. The zero-order valence-electron chi connectivity index (χ0n) is 8.14. The number of ketones is 1. The minimum Gasteiger partial charge on any atom is -0.288 e. The Hall–Kier alpha value is 0.320. The Kier molecular flexibility index (Phi) is 4.47. The highest BCUT2D eigenvalue weighted by Crippen LogP contribution is 2.34. The number of hydrogen-bond acceptors (Lipinski definition) is 2. The smallest absolute Gasteiger partial charge is 0.196 e. The lowest BCUT2D eigenvalue weighted by atomic mass is 10.1. The van der Waals surface area contributed by atoms with Gasteiger partial charge < -0.3 is 0 Å². The van der Waals surface area contributed by atoms with Crippen molar-refractivity contribution in [2.75, 3.05) is 0 Å². The van der Waals surface area contributed by atoms with E-state index in [2.05, 4.69) is 47.8 Å². The van der Waals surface area contributed by atoms with E-state index in [1.165, 1.54) is 11.3 Å². The van der Waals surface area contributed by atoms with Gasteiger partial charge in [-0.15, -0.1) is 11.3 Å². The van der Waals surface area contributed by atoms with Crippen molar-refractivity contribution in [2.24, 2.45) is 0 Å². The second-order valence-corrected chi connectivity index (χ2v) is 8.23. The van der Waals surface area contributed by atoms with Gasteiger partial charge in [-0.1, -0.05) is 27.5 Å². The van der Waals surface area contributed by atoms with E-state index in [-0.39, 0.29) is 5.78 Å². The van der Waals surface area contributed by atoms with Crippen LogP contribution in [0.15, 0.2) is 36.3 Å². The third kappa shape index (κ3) is 3.01. The van der Waals surface area contributed by atoms with Crippen molar-refractivity contribution in [2.45, 2.75) is 0 Å². The maximum Gasteiger partial charge on any atom is 0.196 e. The lowest BCUT2D eigenvalue weighted by Gasteiger charge is -2.03. The lowest BCUT2D eigenvalue weighted by Crippen LogP contribution is -2.01. The molecule has 0 aliphatic heterocycles. The maximum absolute atomic E-state index is 12.3. The van der Waals surface area contributed by atoms with Gasteiger partial charge in [0.15, 0.2) is 5.78 Å². The first-order valence-corrected chi connectivity index (χ1v) is 8.01. The van der Waals surface area contributed by atoms with Gasteiger partial charge in [0, 0.05) is 20.6 Å². The molecule has 2 rings (SSSR count). The molecule has 0 saturated carbocycles. The zero-order valence-corrected chi connectivity index (χ0v) is 14.5. The lowest BCUT2D eigenvalue weighted by molar-refractivity contribution is 0.103. The Morgan fingerprint density at radius 3 is 2.41 bits per heavy atom. The second-order valence-electron chi connectivity index (χ2n) is 3.19. The van der Waals surface area contributed by atoms with Crippen LogP contribution >= 0.6 is 70.7 Å². The molecule has 0 aliphatic rings. The molecule has 88 valence electrons. The van der Waals surface area contributed by atoms with E-state index in [9.17, 15) is 4.79 Å².